The van der Waals surface area contributed by atoms with E-state index in [-0.39, 0.29) is 29.3 Å². The predicted octanol–water partition coefficient (Wildman–Crippen LogP) is 2.07. The number of methoxy groups -OCH3 is 1. The van der Waals surface area contributed by atoms with E-state index in [4.69, 9.17) is 4.74 Å². The molecule has 2 aromatic carbocycles. The highest BCUT2D eigenvalue weighted by molar-refractivity contribution is 7.92. The van der Waals surface area contributed by atoms with Crippen LogP contribution in [0.25, 0.3) is 0 Å². The van der Waals surface area contributed by atoms with Crippen LogP contribution in [0, 0.1) is 0 Å². The summed E-state index contributed by atoms with van der Waals surface area (Å²) < 4.78 is 30.1. The van der Waals surface area contributed by atoms with Crippen molar-refractivity contribution in [2.75, 3.05) is 24.6 Å². The number of Topliss-reactive ketones (excluding diaryl/α,β-unsaturated/α-hetero) is 1. The molecule has 0 aromatic heterocycles. The van der Waals surface area contributed by atoms with Crippen LogP contribution in [-0.4, -0.2) is 45.4 Å². The first kappa shape index (κ1) is 18.5. The second-order valence-corrected chi connectivity index (χ2v) is 6.99. The molecule has 0 fully saturated rings. The Kier molecular flexibility index (Phi) is 5.76. The minimum Gasteiger partial charge on any atom is -0.507 e. The van der Waals surface area contributed by atoms with E-state index in [2.05, 4.69) is 9.71 Å². The van der Waals surface area contributed by atoms with Crippen LogP contribution >= 0.6 is 0 Å². The summed E-state index contributed by atoms with van der Waals surface area (Å²) in [6.07, 6.45) is 2.38. The number of nitrogens with one attached hydrogen (secondary N) is 1. The average molecular weight is 362 g/mol. The Labute approximate surface area is 146 Å². The highest BCUT2D eigenvalue weighted by Gasteiger charge is 2.13. The monoisotopic (exact) mass is 362 g/mol. The van der Waals surface area contributed by atoms with Crippen LogP contribution in [0.1, 0.15) is 15.9 Å². The molecule has 0 aliphatic carbocycles. The number of anilines is 1. The van der Waals surface area contributed by atoms with Crippen molar-refractivity contribution in [3.05, 3.63) is 53.6 Å². The number of nitrogens with zero attached hydrogens (tertiary/aromatic N) is 1. The molecule has 0 radical (unpaired) electrons. The van der Waals surface area contributed by atoms with Gasteiger partial charge >= 0.3 is 0 Å². The molecule has 132 valence electrons. The van der Waals surface area contributed by atoms with Crippen molar-refractivity contribution < 1.29 is 23.1 Å². The van der Waals surface area contributed by atoms with Gasteiger partial charge in [0.25, 0.3) is 0 Å². The van der Waals surface area contributed by atoms with Crippen molar-refractivity contribution >= 4 is 27.7 Å². The number of phenols is 1. The SMILES string of the molecule is COc1ccc(O)c(C=NCC(=O)c2ccccc2NS(C)(=O)=O)c1. The van der Waals surface area contributed by atoms with Crippen LogP contribution in [0.5, 0.6) is 11.5 Å². The number of rotatable bonds is 7. The number of carbonyl (C=O) groups is 1. The van der Waals surface area contributed by atoms with Gasteiger partial charge in [-0.1, -0.05) is 12.1 Å². The van der Waals surface area contributed by atoms with Crippen LogP contribution in [0.3, 0.4) is 0 Å². The van der Waals surface area contributed by atoms with Gasteiger partial charge in [0.05, 0.1) is 19.1 Å². The molecular formula is C17H18N2O5S. The quantitative estimate of drug-likeness (QED) is 0.579. The molecule has 2 N–H and O–H groups in total. The number of hydrogen-bond acceptors (Lipinski definition) is 6. The fraction of sp³-hybridized carbons (Fsp3) is 0.176. The van der Waals surface area contributed by atoms with E-state index in [0.29, 0.717) is 11.3 Å². The lowest BCUT2D eigenvalue weighted by Crippen LogP contribution is -2.14. The summed E-state index contributed by atoms with van der Waals surface area (Å²) >= 11 is 0. The van der Waals surface area contributed by atoms with Crippen molar-refractivity contribution in [2.24, 2.45) is 4.99 Å². The van der Waals surface area contributed by atoms with E-state index in [0.717, 1.165) is 6.26 Å². The number of carbonyl (C=O) groups excluding carboxylic acids is 1. The third-order valence-corrected chi connectivity index (χ3v) is 3.81. The summed E-state index contributed by atoms with van der Waals surface area (Å²) in [6.45, 7) is -0.195. The molecule has 0 amide bonds. The molecule has 2 rings (SSSR count). The molecule has 0 unspecified atom stereocenters. The van der Waals surface area contributed by atoms with Crippen molar-refractivity contribution in [1.29, 1.82) is 0 Å². The maximum Gasteiger partial charge on any atom is 0.229 e. The van der Waals surface area contributed by atoms with Gasteiger partial charge in [0.15, 0.2) is 5.78 Å². The number of hydrogen-bond donors (Lipinski definition) is 2. The second-order valence-electron chi connectivity index (χ2n) is 5.24. The molecule has 0 aliphatic heterocycles. The minimum absolute atomic E-state index is 0.0103. The number of para-hydroxylation sites is 1. The van der Waals surface area contributed by atoms with Crippen molar-refractivity contribution in [2.45, 2.75) is 0 Å². The molecular weight excluding hydrogens is 344 g/mol. The Bertz CT molecular complexity index is 907. The molecule has 0 atom stereocenters. The van der Waals surface area contributed by atoms with E-state index in [9.17, 15) is 18.3 Å². The zero-order valence-corrected chi connectivity index (χ0v) is 14.6. The maximum absolute atomic E-state index is 12.3. The Hall–Kier alpha value is -2.87. The number of aromatic hydroxyl groups is 1. The first-order chi connectivity index (χ1) is 11.8. The van der Waals surface area contributed by atoms with E-state index in [1.165, 1.54) is 31.5 Å². The van der Waals surface area contributed by atoms with Gasteiger partial charge in [0.2, 0.25) is 10.0 Å². The molecule has 0 aliphatic rings. The summed E-state index contributed by atoms with van der Waals surface area (Å²) in [5, 5.41) is 9.78. The summed E-state index contributed by atoms with van der Waals surface area (Å²) in [5.74, 6) is 0.204. The Morgan fingerprint density at radius 3 is 2.68 bits per heavy atom. The Balaban J connectivity index is 2.16. The molecule has 0 saturated heterocycles. The van der Waals surface area contributed by atoms with Gasteiger partial charge in [0.1, 0.15) is 18.0 Å². The number of benzene rings is 2. The third-order valence-electron chi connectivity index (χ3n) is 3.22. The topological polar surface area (TPSA) is 105 Å². The highest BCUT2D eigenvalue weighted by Crippen LogP contribution is 2.21. The Morgan fingerprint density at radius 2 is 2.00 bits per heavy atom. The van der Waals surface area contributed by atoms with Gasteiger partial charge in [-0.25, -0.2) is 8.42 Å². The molecule has 8 heteroatoms. The zero-order valence-electron chi connectivity index (χ0n) is 13.8. The largest absolute Gasteiger partial charge is 0.507 e. The van der Waals surface area contributed by atoms with Gasteiger partial charge in [-0.05, 0) is 30.3 Å². The van der Waals surface area contributed by atoms with Gasteiger partial charge in [-0.2, -0.15) is 0 Å². The standard InChI is InChI=1S/C17H18N2O5S/c1-24-13-7-8-16(20)12(9-13)10-18-11-17(21)14-5-3-4-6-15(14)19-25(2,22)23/h3-10,19-20H,11H2,1-2H3. The molecule has 25 heavy (non-hydrogen) atoms. The van der Waals surface area contributed by atoms with Crippen LogP contribution in [-0.2, 0) is 10.0 Å². The van der Waals surface area contributed by atoms with Crippen molar-refractivity contribution in [3.63, 3.8) is 0 Å². The van der Waals surface area contributed by atoms with Crippen molar-refractivity contribution in [1.82, 2.24) is 0 Å². The lowest BCUT2D eigenvalue weighted by molar-refractivity contribution is 0.100. The second kappa shape index (κ2) is 7.80. The number of ether oxygens (including phenoxy) is 1. The van der Waals surface area contributed by atoms with Crippen LogP contribution in [0.2, 0.25) is 0 Å². The number of ketones is 1. The van der Waals surface area contributed by atoms with Crippen LogP contribution < -0.4 is 9.46 Å². The van der Waals surface area contributed by atoms with E-state index in [1.54, 1.807) is 24.3 Å². The fourth-order valence-electron chi connectivity index (χ4n) is 2.09. The minimum atomic E-state index is -3.50. The number of phenolic OH excluding ortho intramolecular Hbond substituents is 1. The maximum atomic E-state index is 12.3. The molecule has 2 aromatic rings. The van der Waals surface area contributed by atoms with Gasteiger partial charge in [0, 0.05) is 17.3 Å². The average Bonchev–Trinajstić information content (AvgIpc) is 2.55. The number of aliphatic imine (C=N–C) groups is 1. The highest BCUT2D eigenvalue weighted by atomic mass is 32.2. The molecule has 0 bridgehead atoms. The summed E-state index contributed by atoms with van der Waals surface area (Å²) in [4.78, 5) is 16.3. The number of sulfonamides is 1. The van der Waals surface area contributed by atoms with E-state index < -0.39 is 10.0 Å². The predicted molar refractivity (Wildman–Crippen MR) is 96.4 cm³/mol. The zero-order chi connectivity index (χ0) is 18.4. The normalized spacial score (nSPS) is 11.4. The molecule has 0 heterocycles. The van der Waals surface area contributed by atoms with E-state index >= 15 is 0 Å². The first-order valence-electron chi connectivity index (χ1n) is 7.27. The lowest BCUT2D eigenvalue weighted by Gasteiger charge is -2.08. The molecule has 7 nitrogen and oxygen atoms in total. The lowest BCUT2D eigenvalue weighted by atomic mass is 10.1. The van der Waals surface area contributed by atoms with Crippen molar-refractivity contribution in [3.8, 4) is 11.5 Å². The summed E-state index contributed by atoms with van der Waals surface area (Å²) in [6, 6.07) is 10.9. The van der Waals surface area contributed by atoms with E-state index in [1.807, 2.05) is 0 Å². The van der Waals surface area contributed by atoms with Crippen LogP contribution in [0.4, 0.5) is 5.69 Å². The van der Waals surface area contributed by atoms with Gasteiger partial charge < -0.3 is 9.84 Å². The summed E-state index contributed by atoms with van der Waals surface area (Å²) in [5.41, 5.74) is 0.837. The Morgan fingerprint density at radius 1 is 1.28 bits per heavy atom. The molecule has 0 spiro atoms. The third kappa shape index (κ3) is 5.32. The fourth-order valence-corrected chi connectivity index (χ4v) is 2.67. The summed E-state index contributed by atoms with van der Waals surface area (Å²) in [7, 11) is -2.00. The van der Waals surface area contributed by atoms with Gasteiger partial charge in [-0.15, -0.1) is 0 Å². The van der Waals surface area contributed by atoms with Crippen LogP contribution in [0.15, 0.2) is 47.5 Å². The molecule has 0 saturated carbocycles. The van der Waals surface area contributed by atoms with Gasteiger partial charge in [-0.3, -0.25) is 14.5 Å². The smallest absolute Gasteiger partial charge is 0.229 e. The first-order valence-corrected chi connectivity index (χ1v) is 9.16.